The Morgan fingerprint density at radius 3 is 2.84 bits per heavy atom. The molecule has 0 radical (unpaired) electrons. The van der Waals surface area contributed by atoms with E-state index in [1.165, 1.54) is 4.57 Å². The van der Waals surface area contributed by atoms with Gasteiger partial charge in [0.2, 0.25) is 0 Å². The van der Waals surface area contributed by atoms with Gasteiger partial charge in [0.1, 0.15) is 0 Å². The lowest BCUT2D eigenvalue weighted by atomic mass is 10.3. The van der Waals surface area contributed by atoms with Gasteiger partial charge >= 0.3 is 5.76 Å². The number of benzene rings is 1. The van der Waals surface area contributed by atoms with Gasteiger partial charge in [0.05, 0.1) is 0 Å². The third-order valence-corrected chi connectivity index (χ3v) is 2.86. The monoisotopic (exact) mass is 255 g/mol. The zero-order chi connectivity index (χ0) is 13.1. The predicted octanol–water partition coefficient (Wildman–Crippen LogP) is 2.10. The molecule has 0 aliphatic heterocycles. The van der Waals surface area contributed by atoms with Gasteiger partial charge in [-0.1, -0.05) is 18.2 Å². The van der Waals surface area contributed by atoms with Crippen LogP contribution in [0.1, 0.15) is 0 Å². The molecule has 0 saturated heterocycles. The summed E-state index contributed by atoms with van der Waals surface area (Å²) in [6.07, 6.45) is 1.65. The molecule has 5 nitrogen and oxygen atoms in total. The van der Waals surface area contributed by atoms with Crippen molar-refractivity contribution in [3.05, 3.63) is 59.2 Å². The number of nitrogens with one attached hydrogen (secondary N) is 1. The minimum Gasteiger partial charge on any atom is -0.406 e. The molecule has 0 aliphatic carbocycles. The number of rotatable bonds is 4. The van der Waals surface area contributed by atoms with E-state index in [4.69, 9.17) is 4.42 Å². The number of hydrogen-bond donors (Lipinski definition) is 1. The van der Waals surface area contributed by atoms with E-state index in [9.17, 15) is 4.79 Å². The summed E-state index contributed by atoms with van der Waals surface area (Å²) in [5.41, 5.74) is 2.13. The quantitative estimate of drug-likeness (QED) is 0.775. The Kier molecular flexibility index (Phi) is 3.02. The number of anilines is 1. The Hall–Kier alpha value is -2.56. The third kappa shape index (κ3) is 2.35. The molecule has 0 saturated carbocycles. The summed E-state index contributed by atoms with van der Waals surface area (Å²) in [7, 11) is 0. The van der Waals surface area contributed by atoms with E-state index in [0.717, 1.165) is 5.69 Å². The summed E-state index contributed by atoms with van der Waals surface area (Å²) < 4.78 is 6.65. The van der Waals surface area contributed by atoms with Crippen molar-refractivity contribution in [2.45, 2.75) is 6.54 Å². The molecule has 5 heteroatoms. The number of para-hydroxylation sites is 1. The summed E-state index contributed by atoms with van der Waals surface area (Å²) in [5, 5.41) is 3.25. The van der Waals surface area contributed by atoms with Crippen LogP contribution < -0.4 is 11.1 Å². The van der Waals surface area contributed by atoms with E-state index in [0.29, 0.717) is 24.3 Å². The molecule has 1 aromatic carbocycles. The van der Waals surface area contributed by atoms with Crippen LogP contribution in [0.4, 0.5) is 5.69 Å². The minimum absolute atomic E-state index is 0.372. The summed E-state index contributed by atoms with van der Waals surface area (Å²) in [6, 6.07) is 13.3. The Balaban J connectivity index is 1.75. The normalized spacial score (nSPS) is 10.7. The molecule has 0 fully saturated rings. The number of hydrogen-bond acceptors (Lipinski definition) is 4. The van der Waals surface area contributed by atoms with Crippen LogP contribution in [-0.4, -0.2) is 16.1 Å². The molecule has 0 unspecified atom stereocenters. The fourth-order valence-electron chi connectivity index (χ4n) is 1.97. The maximum atomic E-state index is 11.7. The first-order valence-electron chi connectivity index (χ1n) is 6.08. The average Bonchev–Trinajstić information content (AvgIpc) is 2.76. The molecular formula is C14H13N3O2. The van der Waals surface area contributed by atoms with Gasteiger partial charge in [-0.15, -0.1) is 0 Å². The lowest BCUT2D eigenvalue weighted by molar-refractivity contribution is 0.509. The van der Waals surface area contributed by atoms with Gasteiger partial charge in [-0.3, -0.25) is 4.57 Å². The first-order valence-corrected chi connectivity index (χ1v) is 6.08. The molecule has 1 N–H and O–H groups in total. The second-order valence-electron chi connectivity index (χ2n) is 4.14. The van der Waals surface area contributed by atoms with E-state index in [2.05, 4.69) is 10.3 Å². The van der Waals surface area contributed by atoms with Crippen molar-refractivity contribution in [1.82, 2.24) is 9.55 Å². The van der Waals surface area contributed by atoms with E-state index in [1.807, 2.05) is 30.3 Å². The van der Waals surface area contributed by atoms with Gasteiger partial charge in [-0.25, -0.2) is 9.78 Å². The largest absolute Gasteiger partial charge is 0.421 e. The van der Waals surface area contributed by atoms with Crippen molar-refractivity contribution in [2.75, 3.05) is 11.9 Å². The topological polar surface area (TPSA) is 60.1 Å². The highest BCUT2D eigenvalue weighted by Gasteiger charge is 2.08. The Morgan fingerprint density at radius 1 is 1.16 bits per heavy atom. The molecule has 96 valence electrons. The van der Waals surface area contributed by atoms with Gasteiger partial charge in [0.25, 0.3) is 0 Å². The molecule has 2 heterocycles. The molecule has 0 atom stereocenters. The summed E-state index contributed by atoms with van der Waals surface area (Å²) in [5.74, 6) is -0.372. The Morgan fingerprint density at radius 2 is 2.00 bits per heavy atom. The lowest BCUT2D eigenvalue weighted by Gasteiger charge is -2.05. The lowest BCUT2D eigenvalue weighted by Crippen LogP contribution is -2.19. The van der Waals surface area contributed by atoms with Gasteiger partial charge in [-0.05, 0) is 24.3 Å². The van der Waals surface area contributed by atoms with E-state index < -0.39 is 0 Å². The van der Waals surface area contributed by atoms with Crippen LogP contribution >= 0.6 is 0 Å². The molecular weight excluding hydrogens is 242 g/mol. The fourth-order valence-corrected chi connectivity index (χ4v) is 1.97. The minimum atomic E-state index is -0.372. The molecule has 19 heavy (non-hydrogen) atoms. The van der Waals surface area contributed by atoms with Crippen LogP contribution in [0.2, 0.25) is 0 Å². The van der Waals surface area contributed by atoms with Crippen LogP contribution in [0.25, 0.3) is 11.2 Å². The highest BCUT2D eigenvalue weighted by Crippen LogP contribution is 2.09. The highest BCUT2D eigenvalue weighted by molar-refractivity contribution is 5.67. The summed E-state index contributed by atoms with van der Waals surface area (Å²) in [6.45, 7) is 1.15. The van der Waals surface area contributed by atoms with Gasteiger partial charge in [-0.2, -0.15) is 0 Å². The molecule has 0 aliphatic rings. The van der Waals surface area contributed by atoms with E-state index >= 15 is 0 Å². The van der Waals surface area contributed by atoms with E-state index in [1.54, 1.807) is 18.3 Å². The first-order chi connectivity index (χ1) is 9.34. The van der Waals surface area contributed by atoms with Crippen LogP contribution in [0.5, 0.6) is 0 Å². The van der Waals surface area contributed by atoms with Crippen LogP contribution in [-0.2, 0) is 6.54 Å². The average molecular weight is 255 g/mol. The number of nitrogens with zero attached hydrogens (tertiary/aromatic N) is 2. The predicted molar refractivity (Wildman–Crippen MR) is 73.2 cm³/mol. The number of oxazole rings is 1. The second kappa shape index (κ2) is 4.97. The number of pyridine rings is 1. The zero-order valence-electron chi connectivity index (χ0n) is 10.2. The van der Waals surface area contributed by atoms with Crippen molar-refractivity contribution in [2.24, 2.45) is 0 Å². The van der Waals surface area contributed by atoms with Crippen LogP contribution in [0.3, 0.4) is 0 Å². The molecule has 3 rings (SSSR count). The molecule has 0 amide bonds. The first kappa shape index (κ1) is 11.5. The maximum absolute atomic E-state index is 11.7. The van der Waals surface area contributed by atoms with Crippen molar-refractivity contribution in [3.63, 3.8) is 0 Å². The van der Waals surface area contributed by atoms with Crippen molar-refractivity contribution >= 4 is 16.9 Å². The third-order valence-electron chi connectivity index (χ3n) is 2.86. The molecule has 0 spiro atoms. The van der Waals surface area contributed by atoms with Gasteiger partial charge in [0.15, 0.2) is 11.2 Å². The Labute approximate surface area is 109 Å². The molecule has 3 aromatic rings. The molecule has 2 aromatic heterocycles. The smallest absolute Gasteiger partial charge is 0.406 e. The highest BCUT2D eigenvalue weighted by atomic mass is 16.4. The van der Waals surface area contributed by atoms with E-state index in [-0.39, 0.29) is 5.76 Å². The number of fused-ring (bicyclic) bond motifs is 1. The second-order valence-corrected chi connectivity index (χ2v) is 4.14. The SMILES string of the molecule is O=c1oc2cccnc2n1CCNc1ccccc1. The zero-order valence-corrected chi connectivity index (χ0v) is 10.2. The van der Waals surface area contributed by atoms with Gasteiger partial charge < -0.3 is 9.73 Å². The number of aromatic nitrogens is 2. The summed E-state index contributed by atoms with van der Waals surface area (Å²) in [4.78, 5) is 15.9. The molecule has 0 bridgehead atoms. The summed E-state index contributed by atoms with van der Waals surface area (Å²) >= 11 is 0. The fraction of sp³-hybridized carbons (Fsp3) is 0.143. The van der Waals surface area contributed by atoms with Crippen molar-refractivity contribution in [3.8, 4) is 0 Å². The standard InChI is InChI=1S/C14H13N3O2/c18-14-17(13-12(19-14)7-4-8-16-13)10-9-15-11-5-2-1-3-6-11/h1-8,15H,9-10H2. The van der Waals surface area contributed by atoms with Crippen molar-refractivity contribution in [1.29, 1.82) is 0 Å². The van der Waals surface area contributed by atoms with Gasteiger partial charge in [0, 0.05) is 25.0 Å². The maximum Gasteiger partial charge on any atom is 0.421 e. The van der Waals surface area contributed by atoms with Crippen molar-refractivity contribution < 1.29 is 4.42 Å². The van der Waals surface area contributed by atoms with Crippen LogP contribution in [0, 0.1) is 0 Å². The Bertz CT molecular complexity index is 731. The van der Waals surface area contributed by atoms with Crippen LogP contribution in [0.15, 0.2) is 57.9 Å².